The second-order valence-electron chi connectivity index (χ2n) is 3.87. The highest BCUT2D eigenvalue weighted by atomic mass is 127. The minimum absolute atomic E-state index is 0.726. The summed E-state index contributed by atoms with van der Waals surface area (Å²) in [5, 5.41) is 0. The molecule has 1 aliphatic rings. The molecule has 2 nitrogen and oxygen atoms in total. The van der Waals surface area contributed by atoms with Gasteiger partial charge in [0.25, 0.3) is 0 Å². The molecule has 1 heterocycles. The number of hydrogen-bond donors (Lipinski definition) is 0. The fourth-order valence-electron chi connectivity index (χ4n) is 1.93. The Balaban J connectivity index is 1.96. The molecule has 4 heteroatoms. The van der Waals surface area contributed by atoms with Crippen LogP contribution >= 0.6 is 22.6 Å². The smallest absolute Gasteiger partial charge is 0.185 e. The third-order valence-corrected chi connectivity index (χ3v) is 5.02. The Kier molecular flexibility index (Phi) is 3.02. The standard InChI is InChI=1S/C13H10INOS/c14-11-5-7-12(8-6-11)15-9-10-3-1-2-4-13(10)17(15)16/h1-8H,9H2. The van der Waals surface area contributed by atoms with Crippen molar-refractivity contribution in [2.24, 2.45) is 0 Å². The number of fused-ring (bicyclic) bond motifs is 1. The van der Waals surface area contributed by atoms with Crippen LogP contribution in [-0.4, -0.2) is 4.55 Å². The molecule has 0 bridgehead atoms. The van der Waals surface area contributed by atoms with Gasteiger partial charge in [-0.05, 0) is 52.9 Å². The number of anilines is 1. The normalized spacial score (nSPS) is 18.2. The quantitative estimate of drug-likeness (QED) is 0.580. The number of nitrogens with zero attached hydrogens (tertiary/aromatic N) is 1. The lowest BCUT2D eigenvalue weighted by atomic mass is 10.2. The Morgan fingerprint density at radius 2 is 1.76 bits per heavy atom. The average Bonchev–Trinajstić information content (AvgIpc) is 2.69. The number of benzene rings is 2. The van der Waals surface area contributed by atoms with Gasteiger partial charge in [-0.1, -0.05) is 18.2 Å². The first-order valence-corrected chi connectivity index (χ1v) is 7.47. The van der Waals surface area contributed by atoms with Gasteiger partial charge in [0.1, 0.15) is 11.4 Å². The molecule has 0 aromatic heterocycles. The van der Waals surface area contributed by atoms with Crippen LogP contribution in [0.1, 0.15) is 5.56 Å². The summed E-state index contributed by atoms with van der Waals surface area (Å²) < 4.78 is 15.4. The molecule has 1 atom stereocenters. The van der Waals surface area contributed by atoms with Crippen LogP contribution in [-0.2, 0) is 17.9 Å². The van der Waals surface area contributed by atoms with Crippen molar-refractivity contribution in [2.75, 3.05) is 4.31 Å². The molecule has 0 spiro atoms. The van der Waals surface area contributed by atoms with Gasteiger partial charge < -0.3 is 4.55 Å². The lowest BCUT2D eigenvalue weighted by Gasteiger charge is -2.18. The summed E-state index contributed by atoms with van der Waals surface area (Å²) >= 11 is 1.21. The van der Waals surface area contributed by atoms with Crippen LogP contribution in [0.25, 0.3) is 0 Å². The van der Waals surface area contributed by atoms with E-state index in [9.17, 15) is 4.55 Å². The van der Waals surface area contributed by atoms with E-state index in [2.05, 4.69) is 22.6 Å². The summed E-state index contributed by atoms with van der Waals surface area (Å²) in [7, 11) is 0. The van der Waals surface area contributed by atoms with Crippen molar-refractivity contribution in [1.82, 2.24) is 0 Å². The van der Waals surface area contributed by atoms with Crippen LogP contribution in [0.5, 0.6) is 0 Å². The zero-order valence-corrected chi connectivity index (χ0v) is 11.9. The summed E-state index contributed by atoms with van der Waals surface area (Å²) in [4.78, 5) is 0.936. The van der Waals surface area contributed by atoms with Gasteiger partial charge in [-0.2, -0.15) is 4.31 Å². The van der Waals surface area contributed by atoms with Gasteiger partial charge in [-0.25, -0.2) is 0 Å². The van der Waals surface area contributed by atoms with Crippen LogP contribution in [0, 0.1) is 3.57 Å². The highest BCUT2D eigenvalue weighted by Crippen LogP contribution is 2.34. The molecule has 0 aliphatic carbocycles. The van der Waals surface area contributed by atoms with Crippen molar-refractivity contribution in [3.05, 3.63) is 57.7 Å². The van der Waals surface area contributed by atoms with Crippen LogP contribution in [0.3, 0.4) is 0 Å². The lowest BCUT2D eigenvalue weighted by molar-refractivity contribution is 0.595. The molecule has 1 aliphatic heterocycles. The molecule has 3 rings (SSSR count). The zero-order valence-electron chi connectivity index (χ0n) is 8.97. The van der Waals surface area contributed by atoms with Gasteiger partial charge in [0.05, 0.1) is 12.2 Å². The minimum atomic E-state index is -1.06. The van der Waals surface area contributed by atoms with Gasteiger partial charge in [-0.3, -0.25) is 0 Å². The molecule has 0 amide bonds. The molecular formula is C13H10INOS. The summed E-state index contributed by atoms with van der Waals surface area (Å²) in [6.07, 6.45) is 0. The summed E-state index contributed by atoms with van der Waals surface area (Å²) in [6.45, 7) is 0.726. The third-order valence-electron chi connectivity index (χ3n) is 2.79. The van der Waals surface area contributed by atoms with E-state index < -0.39 is 11.4 Å². The number of halogens is 1. The summed E-state index contributed by atoms with van der Waals surface area (Å²) in [5.41, 5.74) is 2.17. The predicted octanol–water partition coefficient (Wildman–Crippen LogP) is 3.33. The molecule has 0 radical (unpaired) electrons. The number of hydrogen-bond acceptors (Lipinski definition) is 2. The van der Waals surface area contributed by atoms with Crippen molar-refractivity contribution in [1.29, 1.82) is 0 Å². The molecule has 2 aromatic carbocycles. The monoisotopic (exact) mass is 355 g/mol. The van der Waals surface area contributed by atoms with Crippen LogP contribution in [0.2, 0.25) is 0 Å². The van der Waals surface area contributed by atoms with Gasteiger partial charge in [0, 0.05) is 9.13 Å². The minimum Gasteiger partial charge on any atom is -0.588 e. The first-order chi connectivity index (χ1) is 8.25. The topological polar surface area (TPSA) is 26.3 Å². The Morgan fingerprint density at radius 3 is 2.47 bits per heavy atom. The highest BCUT2D eigenvalue weighted by Gasteiger charge is 2.33. The maximum absolute atomic E-state index is 12.3. The average molecular weight is 355 g/mol. The van der Waals surface area contributed by atoms with Crippen molar-refractivity contribution in [3.8, 4) is 0 Å². The first-order valence-electron chi connectivity index (χ1n) is 5.28. The molecule has 86 valence electrons. The van der Waals surface area contributed by atoms with Crippen LogP contribution < -0.4 is 4.31 Å². The van der Waals surface area contributed by atoms with Crippen molar-refractivity contribution >= 4 is 39.6 Å². The van der Waals surface area contributed by atoms with Crippen LogP contribution in [0.4, 0.5) is 5.69 Å². The van der Waals surface area contributed by atoms with Crippen LogP contribution in [0.15, 0.2) is 53.4 Å². The van der Waals surface area contributed by atoms with E-state index in [4.69, 9.17) is 0 Å². The summed E-state index contributed by atoms with van der Waals surface area (Å²) in [5.74, 6) is 0. The highest BCUT2D eigenvalue weighted by molar-refractivity contribution is 14.1. The van der Waals surface area contributed by atoms with Crippen molar-refractivity contribution in [2.45, 2.75) is 11.4 Å². The van der Waals surface area contributed by atoms with E-state index >= 15 is 0 Å². The predicted molar refractivity (Wildman–Crippen MR) is 78.2 cm³/mol. The van der Waals surface area contributed by atoms with E-state index in [1.54, 1.807) is 0 Å². The Labute approximate surface area is 117 Å². The summed E-state index contributed by atoms with van der Waals surface area (Å²) in [6, 6.07) is 16.0. The van der Waals surface area contributed by atoms with Gasteiger partial charge in [0.15, 0.2) is 4.90 Å². The van der Waals surface area contributed by atoms with Crippen molar-refractivity contribution < 1.29 is 4.55 Å². The number of rotatable bonds is 1. The van der Waals surface area contributed by atoms with Gasteiger partial charge in [0.2, 0.25) is 0 Å². The molecule has 2 aromatic rings. The largest absolute Gasteiger partial charge is 0.588 e. The molecule has 0 saturated heterocycles. The fraction of sp³-hybridized carbons (Fsp3) is 0.0769. The Hall–Kier alpha value is -0.720. The molecule has 0 saturated carbocycles. The van der Waals surface area contributed by atoms with E-state index in [1.165, 1.54) is 3.57 Å². The second kappa shape index (κ2) is 4.51. The molecule has 17 heavy (non-hydrogen) atoms. The van der Waals surface area contributed by atoms with E-state index in [-0.39, 0.29) is 0 Å². The van der Waals surface area contributed by atoms with E-state index in [0.29, 0.717) is 0 Å². The Bertz CT molecular complexity index is 543. The SMILES string of the molecule is [O-][S+]1c2ccccc2CN1c1ccc(I)cc1. The molecule has 0 fully saturated rings. The Morgan fingerprint density at radius 1 is 1.06 bits per heavy atom. The van der Waals surface area contributed by atoms with Gasteiger partial charge in [-0.15, -0.1) is 0 Å². The lowest BCUT2D eigenvalue weighted by Crippen LogP contribution is -2.23. The third kappa shape index (κ3) is 2.05. The molecule has 0 N–H and O–H groups in total. The maximum Gasteiger partial charge on any atom is 0.185 e. The molecular weight excluding hydrogens is 345 g/mol. The van der Waals surface area contributed by atoms with E-state index in [0.717, 1.165) is 22.7 Å². The van der Waals surface area contributed by atoms with E-state index in [1.807, 2.05) is 52.8 Å². The fourth-order valence-corrected chi connectivity index (χ4v) is 3.65. The maximum atomic E-state index is 12.3. The van der Waals surface area contributed by atoms with Gasteiger partial charge >= 0.3 is 0 Å². The molecule has 1 unspecified atom stereocenters. The second-order valence-corrected chi connectivity index (χ2v) is 6.49. The van der Waals surface area contributed by atoms with Crippen molar-refractivity contribution in [3.63, 3.8) is 0 Å². The first kappa shape index (κ1) is 11.4. The zero-order chi connectivity index (χ0) is 11.8.